The number of aliphatic hydroxyl groups is 1. The van der Waals surface area contributed by atoms with Gasteiger partial charge < -0.3 is 25.4 Å². The highest BCUT2D eigenvalue weighted by Crippen LogP contribution is 2.65. The van der Waals surface area contributed by atoms with E-state index in [0.29, 0.717) is 25.1 Å². The predicted molar refractivity (Wildman–Crippen MR) is 142 cm³/mol. The number of ether oxygens (including phenoxy) is 1. The molecule has 3 aliphatic rings. The van der Waals surface area contributed by atoms with Gasteiger partial charge in [-0.15, -0.1) is 0 Å². The number of amides is 3. The number of carbonyl (C=O) groups is 3. The highest BCUT2D eigenvalue weighted by atomic mass is 16.5. The van der Waals surface area contributed by atoms with Crippen LogP contribution in [0.1, 0.15) is 65.0 Å². The lowest BCUT2D eigenvalue weighted by Gasteiger charge is -2.37. The zero-order valence-electron chi connectivity index (χ0n) is 23.3. The zero-order valence-corrected chi connectivity index (χ0v) is 23.3. The summed E-state index contributed by atoms with van der Waals surface area (Å²) < 4.78 is 6.76. The van der Waals surface area contributed by atoms with E-state index in [9.17, 15) is 19.5 Å². The fourth-order valence-electron chi connectivity index (χ4n) is 7.15. The number of anilines is 1. The summed E-state index contributed by atoms with van der Waals surface area (Å²) in [6.45, 7) is 14.1. The van der Waals surface area contributed by atoms with Gasteiger partial charge in [0.25, 0.3) is 0 Å². The highest BCUT2D eigenvalue weighted by molar-refractivity contribution is 6.04. The Hall–Kier alpha value is -2.45. The Morgan fingerprint density at radius 1 is 1.22 bits per heavy atom. The van der Waals surface area contributed by atoms with E-state index in [2.05, 4.69) is 10.6 Å². The standard InChI is InChI=1S/C29H43N3O5/c1-8-12-30-25(34)21-22-27(36)32(20(15-33)13-16(2)3)24(29(22)14-19(6)28(21,7)37-29)26(35)31-23-17(4)10-9-11-18(23)5/h9-11,16,19-22,24,33H,8,12-15H2,1-7H3,(H,30,34)(H,31,35)/t19?,20-,21+,22+,24?,28-,29?/m1/s1. The second kappa shape index (κ2) is 10.0. The smallest absolute Gasteiger partial charge is 0.250 e. The number of hydrogen-bond donors (Lipinski definition) is 3. The largest absolute Gasteiger partial charge is 0.394 e. The van der Waals surface area contributed by atoms with Crippen molar-refractivity contribution in [1.29, 1.82) is 0 Å². The van der Waals surface area contributed by atoms with Crippen LogP contribution in [0.3, 0.4) is 0 Å². The molecule has 3 aliphatic heterocycles. The minimum Gasteiger partial charge on any atom is -0.394 e. The van der Waals surface area contributed by atoms with E-state index >= 15 is 0 Å². The quantitative estimate of drug-likeness (QED) is 0.470. The lowest BCUT2D eigenvalue weighted by Crippen LogP contribution is -2.56. The summed E-state index contributed by atoms with van der Waals surface area (Å²) in [5.41, 5.74) is 0.577. The summed E-state index contributed by atoms with van der Waals surface area (Å²) in [5, 5.41) is 16.5. The van der Waals surface area contributed by atoms with Crippen LogP contribution in [0.5, 0.6) is 0 Å². The first-order valence-corrected chi connectivity index (χ1v) is 13.7. The molecule has 0 aliphatic carbocycles. The number of aliphatic hydroxyl groups excluding tert-OH is 1. The molecule has 3 amide bonds. The molecular weight excluding hydrogens is 470 g/mol. The van der Waals surface area contributed by atoms with Crippen LogP contribution in [-0.4, -0.2) is 64.2 Å². The lowest BCUT2D eigenvalue weighted by molar-refractivity contribution is -0.149. The van der Waals surface area contributed by atoms with Gasteiger partial charge in [0.1, 0.15) is 11.6 Å². The fraction of sp³-hybridized carbons (Fsp3) is 0.690. The summed E-state index contributed by atoms with van der Waals surface area (Å²) in [4.78, 5) is 43.5. The number of carbonyl (C=O) groups excluding carboxylic acids is 3. The van der Waals surface area contributed by atoms with E-state index in [1.807, 2.05) is 66.7 Å². The van der Waals surface area contributed by atoms with Gasteiger partial charge in [-0.1, -0.05) is 45.9 Å². The van der Waals surface area contributed by atoms with Crippen molar-refractivity contribution < 1.29 is 24.2 Å². The van der Waals surface area contributed by atoms with Gasteiger partial charge in [-0.05, 0) is 63.0 Å². The number of nitrogens with zero attached hydrogens (tertiary/aromatic N) is 1. The first-order valence-electron chi connectivity index (χ1n) is 13.7. The van der Waals surface area contributed by atoms with Crippen molar-refractivity contribution in [2.24, 2.45) is 23.7 Å². The van der Waals surface area contributed by atoms with Gasteiger partial charge in [0.05, 0.1) is 30.1 Å². The van der Waals surface area contributed by atoms with Crippen molar-refractivity contribution in [3.05, 3.63) is 29.3 Å². The molecule has 3 N–H and O–H groups in total. The summed E-state index contributed by atoms with van der Waals surface area (Å²) in [5.74, 6) is -2.11. The molecule has 2 bridgehead atoms. The van der Waals surface area contributed by atoms with Gasteiger partial charge in [-0.25, -0.2) is 0 Å². The van der Waals surface area contributed by atoms with Gasteiger partial charge in [0.15, 0.2) is 0 Å². The monoisotopic (exact) mass is 513 g/mol. The molecule has 204 valence electrons. The van der Waals surface area contributed by atoms with Gasteiger partial charge in [0, 0.05) is 12.2 Å². The molecule has 0 radical (unpaired) electrons. The van der Waals surface area contributed by atoms with Crippen LogP contribution < -0.4 is 10.6 Å². The SMILES string of the molecule is CCCNC(=O)[C@@H]1[C@H]2C(=O)N([C@@H](CO)CC(C)C)C(C(=O)Nc3c(C)cccc3C)C23CC(C)[C@@]1(C)O3. The molecule has 3 saturated heterocycles. The van der Waals surface area contributed by atoms with Gasteiger partial charge in [0.2, 0.25) is 17.7 Å². The van der Waals surface area contributed by atoms with Crippen LogP contribution >= 0.6 is 0 Å². The normalized spacial score (nSPS) is 33.1. The second-order valence-corrected chi connectivity index (χ2v) is 12.0. The van der Waals surface area contributed by atoms with E-state index in [1.165, 1.54) is 0 Å². The van der Waals surface area contributed by atoms with E-state index in [-0.39, 0.29) is 36.2 Å². The molecule has 8 heteroatoms. The molecule has 0 aromatic heterocycles. The van der Waals surface area contributed by atoms with Gasteiger partial charge >= 0.3 is 0 Å². The third-order valence-electron chi connectivity index (χ3n) is 8.91. The predicted octanol–water partition coefficient (Wildman–Crippen LogP) is 3.19. The lowest BCUT2D eigenvalue weighted by atomic mass is 9.62. The summed E-state index contributed by atoms with van der Waals surface area (Å²) in [6, 6.07) is 4.31. The Kier molecular flexibility index (Phi) is 7.47. The Labute approximate surface area is 220 Å². The Morgan fingerprint density at radius 3 is 2.43 bits per heavy atom. The first kappa shape index (κ1) is 27.6. The van der Waals surface area contributed by atoms with Gasteiger partial charge in [-0.2, -0.15) is 0 Å². The van der Waals surface area contributed by atoms with Crippen molar-refractivity contribution >= 4 is 23.4 Å². The second-order valence-electron chi connectivity index (χ2n) is 12.0. The third-order valence-corrected chi connectivity index (χ3v) is 8.91. The number of nitrogens with one attached hydrogen (secondary N) is 2. The maximum Gasteiger partial charge on any atom is 0.250 e. The Morgan fingerprint density at radius 2 is 1.86 bits per heavy atom. The van der Waals surface area contributed by atoms with Crippen LogP contribution in [0.4, 0.5) is 5.69 Å². The molecule has 3 fully saturated rings. The number of hydrogen-bond acceptors (Lipinski definition) is 5. The Bertz CT molecular complexity index is 1050. The molecular formula is C29H43N3O5. The van der Waals surface area contributed by atoms with Gasteiger partial charge in [-0.3, -0.25) is 14.4 Å². The number of fused-ring (bicyclic) bond motifs is 1. The van der Waals surface area contributed by atoms with Crippen molar-refractivity contribution in [3.63, 3.8) is 0 Å². The molecule has 1 aromatic carbocycles. The van der Waals surface area contributed by atoms with E-state index in [4.69, 9.17) is 4.74 Å². The molecule has 1 spiro atoms. The summed E-state index contributed by atoms with van der Waals surface area (Å²) in [7, 11) is 0. The van der Waals surface area contributed by atoms with Crippen LogP contribution in [0.25, 0.3) is 0 Å². The van der Waals surface area contributed by atoms with Crippen LogP contribution in [0.2, 0.25) is 0 Å². The van der Waals surface area contributed by atoms with Crippen molar-refractivity contribution in [2.45, 2.75) is 91.0 Å². The number of rotatable bonds is 9. The van der Waals surface area contributed by atoms with Crippen molar-refractivity contribution in [2.75, 3.05) is 18.5 Å². The fourth-order valence-corrected chi connectivity index (χ4v) is 7.15. The maximum absolute atomic E-state index is 14.3. The first-order chi connectivity index (χ1) is 17.4. The molecule has 0 saturated carbocycles. The van der Waals surface area contributed by atoms with Crippen LogP contribution in [0, 0.1) is 37.5 Å². The topological polar surface area (TPSA) is 108 Å². The molecule has 3 unspecified atom stereocenters. The number of likely N-dealkylation sites (tertiary alicyclic amines) is 1. The highest BCUT2D eigenvalue weighted by Gasteiger charge is 2.80. The van der Waals surface area contributed by atoms with E-state index < -0.39 is 35.1 Å². The van der Waals surface area contributed by atoms with E-state index in [0.717, 1.165) is 17.5 Å². The average molecular weight is 514 g/mol. The maximum atomic E-state index is 14.3. The minimum absolute atomic E-state index is 0.0259. The molecule has 37 heavy (non-hydrogen) atoms. The van der Waals surface area contributed by atoms with Crippen molar-refractivity contribution in [1.82, 2.24) is 10.2 Å². The molecule has 7 atom stereocenters. The number of aryl methyl sites for hydroxylation is 2. The summed E-state index contributed by atoms with van der Waals surface area (Å²) in [6.07, 6.45) is 1.82. The molecule has 3 heterocycles. The van der Waals surface area contributed by atoms with Crippen molar-refractivity contribution in [3.8, 4) is 0 Å². The average Bonchev–Trinajstić information content (AvgIpc) is 3.35. The number of benzene rings is 1. The third kappa shape index (κ3) is 4.26. The number of para-hydroxylation sites is 1. The minimum atomic E-state index is -1.13. The van der Waals surface area contributed by atoms with Crippen LogP contribution in [0.15, 0.2) is 18.2 Å². The van der Waals surface area contributed by atoms with Crippen LogP contribution in [-0.2, 0) is 19.1 Å². The summed E-state index contributed by atoms with van der Waals surface area (Å²) >= 11 is 0. The zero-order chi connectivity index (χ0) is 27.3. The molecule has 1 aromatic rings. The Balaban J connectivity index is 1.82. The van der Waals surface area contributed by atoms with E-state index in [1.54, 1.807) is 4.90 Å². The molecule has 4 rings (SSSR count). The molecule has 8 nitrogen and oxygen atoms in total.